The summed E-state index contributed by atoms with van der Waals surface area (Å²) in [6.45, 7) is 0. The van der Waals surface area contributed by atoms with Crippen molar-refractivity contribution in [3.63, 3.8) is 0 Å². The van der Waals surface area contributed by atoms with Gasteiger partial charge < -0.3 is 5.11 Å². The molecule has 150 valence electrons. The van der Waals surface area contributed by atoms with Crippen molar-refractivity contribution in [1.82, 2.24) is 24.5 Å². The van der Waals surface area contributed by atoms with E-state index < -0.39 is 0 Å². The summed E-state index contributed by atoms with van der Waals surface area (Å²) >= 11 is 5.93. The zero-order chi connectivity index (χ0) is 20.7. The molecule has 4 aromatic rings. The maximum atomic E-state index is 13.4. The third-order valence-corrected chi connectivity index (χ3v) is 5.72. The number of aliphatic hydroxyl groups excluding tert-OH is 1. The second kappa shape index (κ2) is 7.59. The largest absolute Gasteiger partial charge is 0.393 e. The maximum absolute atomic E-state index is 13.4. The molecule has 1 aliphatic carbocycles. The van der Waals surface area contributed by atoms with Gasteiger partial charge >= 0.3 is 0 Å². The fraction of sp³-hybridized carbons (Fsp3) is 0.227. The Morgan fingerprint density at radius 2 is 2.00 bits per heavy atom. The Morgan fingerprint density at radius 1 is 1.10 bits per heavy atom. The Hall–Kier alpha value is -3.16. The third-order valence-electron chi connectivity index (χ3n) is 5.50. The smallest absolute Gasteiger partial charge is 0.261 e. The number of fused-ring (bicyclic) bond motifs is 1. The molecular formula is C22H18ClN5O2. The average molecular weight is 420 g/mol. The normalized spacial score (nSPS) is 18.7. The SMILES string of the molecule is O=c1c2cc(-c3ccc(Cl)nc3)nc(-c3cccnc3)c2ncn1[C@@H]1CC[C@H](O)C1. The number of hydrogen-bond donors (Lipinski definition) is 1. The van der Waals surface area contributed by atoms with Gasteiger partial charge in [0.15, 0.2) is 0 Å². The summed E-state index contributed by atoms with van der Waals surface area (Å²) in [6.07, 6.45) is 8.20. The number of pyridine rings is 3. The molecule has 30 heavy (non-hydrogen) atoms. The second-order valence-corrected chi connectivity index (χ2v) is 7.83. The van der Waals surface area contributed by atoms with Crippen LogP contribution in [0.15, 0.2) is 60.0 Å². The molecule has 1 fully saturated rings. The lowest BCUT2D eigenvalue weighted by Crippen LogP contribution is -2.24. The van der Waals surface area contributed by atoms with Gasteiger partial charge in [0.05, 0.1) is 29.2 Å². The van der Waals surface area contributed by atoms with Crippen molar-refractivity contribution in [3.05, 3.63) is 70.8 Å². The lowest BCUT2D eigenvalue weighted by molar-refractivity contribution is 0.177. The fourth-order valence-electron chi connectivity index (χ4n) is 3.97. The van der Waals surface area contributed by atoms with Crippen molar-refractivity contribution in [2.45, 2.75) is 31.4 Å². The minimum Gasteiger partial charge on any atom is -0.393 e. The Bertz CT molecular complexity index is 1270. The minimum atomic E-state index is -0.378. The van der Waals surface area contributed by atoms with Gasteiger partial charge in [0, 0.05) is 35.8 Å². The number of halogens is 1. The molecule has 0 aliphatic heterocycles. The van der Waals surface area contributed by atoms with Gasteiger partial charge in [-0.15, -0.1) is 0 Å². The first-order chi connectivity index (χ1) is 14.6. The summed E-state index contributed by atoms with van der Waals surface area (Å²) in [5.41, 5.74) is 3.09. The molecule has 0 aromatic carbocycles. The van der Waals surface area contributed by atoms with Crippen molar-refractivity contribution >= 4 is 22.5 Å². The molecular weight excluding hydrogens is 402 g/mol. The van der Waals surface area contributed by atoms with Crippen LogP contribution in [0.5, 0.6) is 0 Å². The topological polar surface area (TPSA) is 93.8 Å². The number of aliphatic hydroxyl groups is 1. The van der Waals surface area contributed by atoms with E-state index in [-0.39, 0.29) is 17.7 Å². The second-order valence-electron chi connectivity index (χ2n) is 7.44. The van der Waals surface area contributed by atoms with Crippen molar-refractivity contribution in [2.24, 2.45) is 0 Å². The van der Waals surface area contributed by atoms with Crippen LogP contribution in [0.1, 0.15) is 25.3 Å². The van der Waals surface area contributed by atoms with Gasteiger partial charge in [0.2, 0.25) is 0 Å². The molecule has 0 amide bonds. The standard InChI is InChI=1S/C22H18ClN5O2/c23-19-6-3-13(11-25-19)18-9-17-21(20(27-18)14-2-1-7-24-10-14)26-12-28(22(17)30)15-4-5-16(29)8-15/h1-3,6-7,9-12,15-16,29H,4-5,8H2/t15-,16+/m1/s1. The highest BCUT2D eigenvalue weighted by atomic mass is 35.5. The van der Waals surface area contributed by atoms with Crippen molar-refractivity contribution < 1.29 is 5.11 Å². The zero-order valence-corrected chi connectivity index (χ0v) is 16.7. The van der Waals surface area contributed by atoms with E-state index in [9.17, 15) is 9.90 Å². The molecule has 0 unspecified atom stereocenters. The number of hydrogen-bond acceptors (Lipinski definition) is 6. The summed E-state index contributed by atoms with van der Waals surface area (Å²) in [5, 5.41) is 10.8. The Balaban J connectivity index is 1.76. The maximum Gasteiger partial charge on any atom is 0.261 e. The zero-order valence-electron chi connectivity index (χ0n) is 15.9. The summed E-state index contributed by atoms with van der Waals surface area (Å²) in [4.78, 5) is 31.1. The van der Waals surface area contributed by atoms with E-state index in [0.717, 1.165) is 17.5 Å². The molecule has 0 radical (unpaired) electrons. The molecule has 0 saturated heterocycles. The molecule has 1 N–H and O–H groups in total. The van der Waals surface area contributed by atoms with Gasteiger partial charge in [-0.3, -0.25) is 14.3 Å². The molecule has 7 nitrogen and oxygen atoms in total. The first-order valence-electron chi connectivity index (χ1n) is 9.72. The number of rotatable bonds is 3. The van der Waals surface area contributed by atoms with Crippen molar-refractivity contribution in [3.8, 4) is 22.5 Å². The highest BCUT2D eigenvalue weighted by molar-refractivity contribution is 6.29. The van der Waals surface area contributed by atoms with Gasteiger partial charge in [0.1, 0.15) is 10.7 Å². The molecule has 2 atom stereocenters. The lowest BCUT2D eigenvalue weighted by Gasteiger charge is -2.15. The summed E-state index contributed by atoms with van der Waals surface area (Å²) < 4.78 is 1.63. The molecule has 1 aliphatic rings. The van der Waals surface area contributed by atoms with E-state index in [1.807, 2.05) is 18.2 Å². The summed E-state index contributed by atoms with van der Waals surface area (Å²) in [6, 6.07) is 8.91. The first kappa shape index (κ1) is 18.8. The molecule has 5 rings (SSSR count). The van der Waals surface area contributed by atoms with Crippen LogP contribution in [0.4, 0.5) is 0 Å². The summed E-state index contributed by atoms with van der Waals surface area (Å²) in [7, 11) is 0. The van der Waals surface area contributed by atoms with Crippen molar-refractivity contribution in [1.29, 1.82) is 0 Å². The van der Waals surface area contributed by atoms with Crippen LogP contribution in [-0.4, -0.2) is 35.7 Å². The van der Waals surface area contributed by atoms with Crippen LogP contribution in [0.25, 0.3) is 33.4 Å². The van der Waals surface area contributed by atoms with E-state index in [4.69, 9.17) is 16.6 Å². The monoisotopic (exact) mass is 419 g/mol. The van der Waals surface area contributed by atoms with Gasteiger partial charge in [-0.05, 0) is 49.6 Å². The third kappa shape index (κ3) is 3.36. The van der Waals surface area contributed by atoms with E-state index in [1.54, 1.807) is 41.6 Å². The predicted octanol–water partition coefficient (Wildman–Crippen LogP) is 3.65. The average Bonchev–Trinajstić information content (AvgIpc) is 3.20. The van der Waals surface area contributed by atoms with Crippen LogP contribution in [0.3, 0.4) is 0 Å². The first-order valence-corrected chi connectivity index (χ1v) is 10.1. The van der Waals surface area contributed by atoms with Gasteiger partial charge in [0.25, 0.3) is 5.56 Å². The molecule has 8 heteroatoms. The molecule has 4 heterocycles. The van der Waals surface area contributed by atoms with Crippen LogP contribution in [0.2, 0.25) is 5.15 Å². The predicted molar refractivity (Wildman–Crippen MR) is 114 cm³/mol. The van der Waals surface area contributed by atoms with E-state index >= 15 is 0 Å². The molecule has 4 aromatic heterocycles. The van der Waals surface area contributed by atoms with E-state index in [1.165, 1.54) is 0 Å². The molecule has 0 spiro atoms. The highest BCUT2D eigenvalue weighted by Gasteiger charge is 2.26. The highest BCUT2D eigenvalue weighted by Crippen LogP contribution is 2.31. The Kier molecular flexibility index (Phi) is 4.77. The quantitative estimate of drug-likeness (QED) is 0.509. The van der Waals surface area contributed by atoms with Gasteiger partial charge in [-0.2, -0.15) is 0 Å². The van der Waals surface area contributed by atoms with Gasteiger partial charge in [-0.25, -0.2) is 15.0 Å². The Morgan fingerprint density at radius 3 is 2.70 bits per heavy atom. The molecule has 0 bridgehead atoms. The Labute approximate surface area is 177 Å². The van der Waals surface area contributed by atoms with Gasteiger partial charge in [-0.1, -0.05) is 11.6 Å². The number of nitrogens with zero attached hydrogens (tertiary/aromatic N) is 5. The lowest BCUT2D eigenvalue weighted by atomic mass is 10.1. The van der Waals surface area contributed by atoms with Crippen LogP contribution in [0, 0.1) is 0 Å². The summed E-state index contributed by atoms with van der Waals surface area (Å²) in [5.74, 6) is 0. The van der Waals surface area contributed by atoms with Crippen LogP contribution >= 0.6 is 11.6 Å². The van der Waals surface area contributed by atoms with Crippen LogP contribution < -0.4 is 5.56 Å². The fourth-order valence-corrected chi connectivity index (χ4v) is 4.08. The van der Waals surface area contributed by atoms with E-state index in [2.05, 4.69) is 15.0 Å². The minimum absolute atomic E-state index is 0.0555. The number of aromatic nitrogens is 5. The van der Waals surface area contributed by atoms with Crippen molar-refractivity contribution in [2.75, 3.05) is 0 Å². The molecule has 1 saturated carbocycles. The van der Waals surface area contributed by atoms with Crippen LogP contribution in [-0.2, 0) is 0 Å². The van der Waals surface area contributed by atoms with E-state index in [0.29, 0.717) is 40.3 Å².